The summed E-state index contributed by atoms with van der Waals surface area (Å²) in [4.78, 5) is 15.9. The van der Waals surface area contributed by atoms with Crippen LogP contribution in [0.1, 0.15) is 19.8 Å². The fraction of sp³-hybridized carbons (Fsp3) is 0.389. The second-order valence-corrected chi connectivity index (χ2v) is 9.77. The normalized spacial score (nSPS) is 16.9. The number of nitrogens with one attached hydrogen (secondary N) is 1. The van der Waals surface area contributed by atoms with Crippen LogP contribution in [-0.4, -0.2) is 45.1 Å². The van der Waals surface area contributed by atoms with E-state index in [2.05, 4.69) is 37.5 Å². The van der Waals surface area contributed by atoms with Crippen molar-refractivity contribution >= 4 is 51.3 Å². The lowest BCUT2D eigenvalue weighted by Gasteiger charge is -2.32. The summed E-state index contributed by atoms with van der Waals surface area (Å²) in [7, 11) is 0. The van der Waals surface area contributed by atoms with Crippen molar-refractivity contribution in [1.29, 1.82) is 0 Å². The first-order chi connectivity index (χ1) is 13.7. The molecule has 3 aromatic rings. The Balaban J connectivity index is 1.38. The molecule has 0 saturated carbocycles. The Labute approximate surface area is 175 Å². The Morgan fingerprint density at radius 1 is 1.29 bits per heavy atom. The molecule has 1 aliphatic heterocycles. The highest BCUT2D eigenvalue weighted by atomic mass is 32.2. The third-order valence-corrected chi connectivity index (χ3v) is 7.19. The van der Waals surface area contributed by atoms with Gasteiger partial charge in [-0.25, -0.2) is 0 Å². The standard InChI is InChI=1S/C18H20N6OS3/c1-2-26-18-23-22-17(28-18)19-16(25)12-5-3-9-24(11-12)15-8-7-13(20-21-15)14-6-4-10-27-14/h4,6-8,10,12H,2-3,5,9,11H2,1H3,(H,19,22,25). The van der Waals surface area contributed by atoms with Crippen molar-refractivity contribution in [2.24, 2.45) is 5.92 Å². The van der Waals surface area contributed by atoms with Gasteiger partial charge in [0, 0.05) is 13.1 Å². The van der Waals surface area contributed by atoms with E-state index in [0.29, 0.717) is 11.7 Å². The zero-order chi connectivity index (χ0) is 19.3. The maximum absolute atomic E-state index is 12.7. The molecule has 1 aliphatic rings. The highest BCUT2D eigenvalue weighted by Gasteiger charge is 2.27. The second kappa shape index (κ2) is 8.97. The minimum Gasteiger partial charge on any atom is -0.354 e. The second-order valence-electron chi connectivity index (χ2n) is 6.33. The number of thioether (sulfide) groups is 1. The number of anilines is 2. The number of amides is 1. The Morgan fingerprint density at radius 3 is 2.96 bits per heavy atom. The quantitative estimate of drug-likeness (QED) is 0.465. The van der Waals surface area contributed by atoms with Crippen LogP contribution in [-0.2, 0) is 4.79 Å². The van der Waals surface area contributed by atoms with Gasteiger partial charge in [-0.05, 0) is 42.2 Å². The van der Waals surface area contributed by atoms with E-state index in [9.17, 15) is 4.79 Å². The summed E-state index contributed by atoms with van der Waals surface area (Å²) in [5, 5.41) is 22.4. The van der Waals surface area contributed by atoms with Gasteiger partial charge in [-0.1, -0.05) is 36.1 Å². The third-order valence-electron chi connectivity index (χ3n) is 4.44. The monoisotopic (exact) mass is 432 g/mol. The molecule has 28 heavy (non-hydrogen) atoms. The van der Waals surface area contributed by atoms with Crippen molar-refractivity contribution < 1.29 is 4.79 Å². The molecule has 146 valence electrons. The molecule has 1 fully saturated rings. The maximum atomic E-state index is 12.7. The molecule has 0 bridgehead atoms. The number of piperidine rings is 1. The molecule has 3 aromatic heterocycles. The summed E-state index contributed by atoms with van der Waals surface area (Å²) in [6, 6.07) is 8.02. The number of carbonyl (C=O) groups excluding carboxylic acids is 1. The van der Waals surface area contributed by atoms with Gasteiger partial charge in [-0.15, -0.1) is 31.7 Å². The van der Waals surface area contributed by atoms with E-state index in [-0.39, 0.29) is 11.8 Å². The molecule has 0 aromatic carbocycles. The molecule has 10 heteroatoms. The number of hydrogen-bond acceptors (Lipinski definition) is 9. The molecule has 7 nitrogen and oxygen atoms in total. The lowest BCUT2D eigenvalue weighted by Crippen LogP contribution is -2.41. The SMILES string of the molecule is CCSc1nnc(NC(=O)C2CCCN(c3ccc(-c4cccs4)nn3)C2)s1. The van der Waals surface area contributed by atoms with Gasteiger partial charge in [0.25, 0.3) is 0 Å². The average molecular weight is 433 g/mol. The van der Waals surface area contributed by atoms with Gasteiger partial charge < -0.3 is 10.2 Å². The topological polar surface area (TPSA) is 83.9 Å². The molecule has 1 saturated heterocycles. The summed E-state index contributed by atoms with van der Waals surface area (Å²) in [6.07, 6.45) is 1.80. The van der Waals surface area contributed by atoms with Crippen LogP contribution in [0.2, 0.25) is 0 Å². The average Bonchev–Trinajstić information content (AvgIpc) is 3.41. The molecule has 0 aliphatic carbocycles. The van der Waals surface area contributed by atoms with Gasteiger partial charge in [0.1, 0.15) is 5.69 Å². The first kappa shape index (κ1) is 19.3. The largest absolute Gasteiger partial charge is 0.354 e. The van der Waals surface area contributed by atoms with E-state index in [1.165, 1.54) is 11.3 Å². The number of aromatic nitrogens is 4. The van der Waals surface area contributed by atoms with Gasteiger partial charge in [0.2, 0.25) is 11.0 Å². The van der Waals surface area contributed by atoms with Gasteiger partial charge in [-0.2, -0.15) is 0 Å². The summed E-state index contributed by atoms with van der Waals surface area (Å²) in [6.45, 7) is 3.58. The molecular formula is C18H20N6OS3. The number of carbonyl (C=O) groups is 1. The summed E-state index contributed by atoms with van der Waals surface area (Å²) in [5.41, 5.74) is 0.877. The highest BCUT2D eigenvalue weighted by molar-refractivity contribution is 8.01. The Hall–Kier alpha value is -2.04. The minimum atomic E-state index is -0.0984. The van der Waals surface area contributed by atoms with Crippen molar-refractivity contribution in [3.8, 4) is 10.6 Å². The van der Waals surface area contributed by atoms with Crippen LogP contribution in [0.4, 0.5) is 10.9 Å². The molecule has 4 heterocycles. The third kappa shape index (κ3) is 4.50. The van der Waals surface area contributed by atoms with Gasteiger partial charge in [-0.3, -0.25) is 4.79 Å². The van der Waals surface area contributed by atoms with Crippen LogP contribution < -0.4 is 10.2 Å². The first-order valence-corrected chi connectivity index (χ1v) is 11.8. The van der Waals surface area contributed by atoms with E-state index >= 15 is 0 Å². The fourth-order valence-corrected chi connectivity index (χ4v) is 5.44. The molecule has 1 unspecified atom stereocenters. The smallest absolute Gasteiger partial charge is 0.231 e. The molecule has 0 radical (unpaired) electrons. The van der Waals surface area contributed by atoms with Crippen LogP contribution in [0.3, 0.4) is 0 Å². The molecule has 1 N–H and O–H groups in total. The van der Waals surface area contributed by atoms with Gasteiger partial charge >= 0.3 is 0 Å². The summed E-state index contributed by atoms with van der Waals surface area (Å²) < 4.78 is 0.879. The van der Waals surface area contributed by atoms with E-state index in [4.69, 9.17) is 0 Å². The van der Waals surface area contributed by atoms with Crippen LogP contribution in [0.15, 0.2) is 34.0 Å². The molecular weight excluding hydrogens is 412 g/mol. The zero-order valence-corrected chi connectivity index (χ0v) is 17.8. The van der Waals surface area contributed by atoms with Crippen molar-refractivity contribution in [3.63, 3.8) is 0 Å². The van der Waals surface area contributed by atoms with Crippen molar-refractivity contribution in [2.45, 2.75) is 24.1 Å². The number of hydrogen-bond donors (Lipinski definition) is 1. The number of nitrogens with zero attached hydrogens (tertiary/aromatic N) is 5. The molecule has 0 spiro atoms. The van der Waals surface area contributed by atoms with E-state index < -0.39 is 0 Å². The van der Waals surface area contributed by atoms with Crippen molar-refractivity contribution in [2.75, 3.05) is 29.1 Å². The summed E-state index contributed by atoms with van der Waals surface area (Å²) >= 11 is 4.70. The lowest BCUT2D eigenvalue weighted by atomic mass is 9.97. The van der Waals surface area contributed by atoms with E-state index in [1.54, 1.807) is 23.1 Å². The van der Waals surface area contributed by atoms with Gasteiger partial charge in [0.05, 0.1) is 10.8 Å². The van der Waals surface area contributed by atoms with E-state index in [1.807, 2.05) is 29.6 Å². The fourth-order valence-electron chi connectivity index (χ4n) is 3.10. The highest BCUT2D eigenvalue weighted by Crippen LogP contribution is 2.28. The lowest BCUT2D eigenvalue weighted by molar-refractivity contribution is -0.120. The van der Waals surface area contributed by atoms with Crippen LogP contribution >= 0.6 is 34.4 Å². The maximum Gasteiger partial charge on any atom is 0.231 e. The predicted octanol–water partition coefficient (Wildman–Crippen LogP) is 4.02. The molecule has 4 rings (SSSR count). The van der Waals surface area contributed by atoms with Crippen LogP contribution in [0.5, 0.6) is 0 Å². The first-order valence-electron chi connectivity index (χ1n) is 9.12. The summed E-state index contributed by atoms with van der Waals surface area (Å²) in [5.74, 6) is 1.65. The molecule has 1 amide bonds. The zero-order valence-electron chi connectivity index (χ0n) is 15.4. The number of thiophene rings is 1. The Morgan fingerprint density at radius 2 is 2.21 bits per heavy atom. The predicted molar refractivity (Wildman–Crippen MR) is 115 cm³/mol. The minimum absolute atomic E-state index is 0.00272. The van der Waals surface area contributed by atoms with Crippen LogP contribution in [0, 0.1) is 5.92 Å². The Bertz CT molecular complexity index is 912. The van der Waals surface area contributed by atoms with Crippen molar-refractivity contribution in [3.05, 3.63) is 29.6 Å². The van der Waals surface area contributed by atoms with Crippen molar-refractivity contribution in [1.82, 2.24) is 20.4 Å². The van der Waals surface area contributed by atoms with Crippen LogP contribution in [0.25, 0.3) is 10.6 Å². The Kier molecular flexibility index (Phi) is 6.18. The van der Waals surface area contributed by atoms with Gasteiger partial charge in [0.15, 0.2) is 10.2 Å². The molecule has 1 atom stereocenters. The number of rotatable bonds is 6. The van der Waals surface area contributed by atoms with E-state index in [0.717, 1.165) is 45.9 Å².